The van der Waals surface area contributed by atoms with Crippen molar-refractivity contribution in [1.82, 2.24) is 4.90 Å². The lowest BCUT2D eigenvalue weighted by Crippen LogP contribution is -2.44. The largest absolute Gasteiger partial charge is 0.461 e. The molecule has 1 amide bonds. The molecular weight excluding hydrogens is 401 g/mol. The van der Waals surface area contributed by atoms with Crippen molar-refractivity contribution in [2.75, 3.05) is 5.75 Å². The minimum absolute atomic E-state index is 0.0225. The van der Waals surface area contributed by atoms with Gasteiger partial charge in [-0.1, -0.05) is 45.0 Å². The van der Waals surface area contributed by atoms with Gasteiger partial charge in [0.1, 0.15) is 17.2 Å². The molecule has 4 nitrogen and oxygen atoms in total. The Bertz CT molecular complexity index is 904. The number of hydrogen-bond donors (Lipinski definition) is 0. The maximum absolute atomic E-state index is 13.5. The van der Waals surface area contributed by atoms with E-state index in [9.17, 15) is 14.0 Å². The van der Waals surface area contributed by atoms with Crippen LogP contribution in [0.3, 0.4) is 0 Å². The number of hydrogen-bond acceptors (Lipinski definition) is 4. The highest BCUT2D eigenvalue weighted by Crippen LogP contribution is 2.42. The summed E-state index contributed by atoms with van der Waals surface area (Å²) in [7, 11) is 0. The summed E-state index contributed by atoms with van der Waals surface area (Å²) in [5, 5.41) is -0.384. The van der Waals surface area contributed by atoms with Gasteiger partial charge in [-0.25, -0.2) is 9.18 Å². The van der Waals surface area contributed by atoms with E-state index in [2.05, 4.69) is 20.8 Å². The molecule has 30 heavy (non-hydrogen) atoms. The van der Waals surface area contributed by atoms with E-state index in [1.165, 1.54) is 23.9 Å². The summed E-state index contributed by atoms with van der Waals surface area (Å²) in [6.07, 6.45) is -0.268. The van der Waals surface area contributed by atoms with E-state index in [1.54, 1.807) is 43.0 Å². The van der Waals surface area contributed by atoms with Crippen LogP contribution in [0.2, 0.25) is 0 Å². The van der Waals surface area contributed by atoms with Gasteiger partial charge in [-0.3, -0.25) is 4.79 Å². The number of ether oxygens (including phenoxy) is 1. The van der Waals surface area contributed by atoms with Crippen molar-refractivity contribution < 1.29 is 18.7 Å². The van der Waals surface area contributed by atoms with E-state index in [0.717, 1.165) is 11.1 Å². The molecular formula is C24H28FNO3S. The summed E-state index contributed by atoms with van der Waals surface area (Å²) in [6, 6.07) is 12.9. The Labute approximate surface area is 181 Å². The zero-order chi connectivity index (χ0) is 22.1. The van der Waals surface area contributed by atoms with E-state index in [-0.39, 0.29) is 28.6 Å². The van der Waals surface area contributed by atoms with Crippen LogP contribution in [-0.2, 0) is 14.9 Å². The van der Waals surface area contributed by atoms with Crippen LogP contribution in [0.25, 0.3) is 0 Å². The predicted octanol–water partition coefficient (Wildman–Crippen LogP) is 5.33. The summed E-state index contributed by atoms with van der Waals surface area (Å²) in [5.74, 6) is -0.560. The van der Waals surface area contributed by atoms with Gasteiger partial charge in [0.2, 0.25) is 0 Å². The lowest BCUT2D eigenvalue weighted by molar-refractivity contribution is -0.151. The Hall–Kier alpha value is -2.34. The van der Waals surface area contributed by atoms with Crippen LogP contribution >= 0.6 is 11.8 Å². The molecule has 1 fully saturated rings. The standard InChI is InChI=1S/C24H28FNO3S/c1-15(2)29-23(28)20-14-30-22(17-8-12-19(25)13-9-17)26(20)21(27)16-6-10-18(11-7-16)24(3,4)5/h6-13,15,20,22H,14H2,1-5H3. The quantitative estimate of drug-likeness (QED) is 0.616. The van der Waals surface area contributed by atoms with Crippen molar-refractivity contribution >= 4 is 23.6 Å². The third-order valence-corrected chi connectivity index (χ3v) is 6.34. The second kappa shape index (κ2) is 8.80. The van der Waals surface area contributed by atoms with Crippen LogP contribution in [0.5, 0.6) is 0 Å². The van der Waals surface area contributed by atoms with Crippen LogP contribution in [0.4, 0.5) is 4.39 Å². The Morgan fingerprint density at radius 1 is 1.07 bits per heavy atom. The average molecular weight is 430 g/mol. The molecule has 1 aliphatic heterocycles. The molecule has 2 atom stereocenters. The first-order valence-corrected chi connectivity index (χ1v) is 11.1. The molecule has 0 saturated carbocycles. The molecule has 1 heterocycles. The summed E-state index contributed by atoms with van der Waals surface area (Å²) < 4.78 is 18.8. The van der Waals surface area contributed by atoms with E-state index < -0.39 is 12.0 Å². The van der Waals surface area contributed by atoms with E-state index in [0.29, 0.717) is 11.3 Å². The van der Waals surface area contributed by atoms with Crippen molar-refractivity contribution in [2.24, 2.45) is 0 Å². The number of amides is 1. The van der Waals surface area contributed by atoms with Crippen molar-refractivity contribution in [3.05, 3.63) is 71.0 Å². The first kappa shape index (κ1) is 22.3. The van der Waals surface area contributed by atoms with Crippen molar-refractivity contribution in [3.63, 3.8) is 0 Å². The molecule has 3 rings (SSSR count). The number of thioether (sulfide) groups is 1. The highest BCUT2D eigenvalue weighted by molar-refractivity contribution is 7.99. The summed E-state index contributed by atoms with van der Waals surface area (Å²) >= 11 is 1.49. The van der Waals surface area contributed by atoms with Crippen molar-refractivity contribution in [3.8, 4) is 0 Å². The topological polar surface area (TPSA) is 46.6 Å². The number of esters is 1. The molecule has 0 aliphatic carbocycles. The molecule has 2 aromatic rings. The van der Waals surface area contributed by atoms with Crippen LogP contribution in [-0.4, -0.2) is 34.7 Å². The van der Waals surface area contributed by atoms with Gasteiger partial charge in [-0.05, 0) is 54.7 Å². The smallest absolute Gasteiger partial charge is 0.330 e. The third-order valence-electron chi connectivity index (χ3n) is 5.01. The summed E-state index contributed by atoms with van der Waals surface area (Å²) in [6.45, 7) is 9.92. The molecule has 0 aromatic heterocycles. The Balaban J connectivity index is 1.95. The zero-order valence-electron chi connectivity index (χ0n) is 18.0. The molecule has 0 spiro atoms. The molecule has 2 aromatic carbocycles. The Kier molecular flexibility index (Phi) is 6.56. The van der Waals surface area contributed by atoms with Crippen LogP contribution < -0.4 is 0 Å². The lowest BCUT2D eigenvalue weighted by Gasteiger charge is -2.29. The maximum atomic E-state index is 13.5. The molecule has 2 unspecified atom stereocenters. The fraction of sp³-hybridized carbons (Fsp3) is 0.417. The maximum Gasteiger partial charge on any atom is 0.330 e. The van der Waals surface area contributed by atoms with Gasteiger partial charge in [0.05, 0.1) is 6.10 Å². The second-order valence-electron chi connectivity index (χ2n) is 8.78. The Morgan fingerprint density at radius 2 is 1.67 bits per heavy atom. The molecule has 1 saturated heterocycles. The monoisotopic (exact) mass is 429 g/mol. The third kappa shape index (κ3) is 4.86. The fourth-order valence-corrected chi connectivity index (χ4v) is 4.81. The first-order valence-electron chi connectivity index (χ1n) is 10.1. The summed E-state index contributed by atoms with van der Waals surface area (Å²) in [5.41, 5.74) is 2.40. The highest BCUT2D eigenvalue weighted by Gasteiger charge is 2.43. The van der Waals surface area contributed by atoms with Crippen LogP contribution in [0.1, 0.15) is 61.5 Å². The van der Waals surface area contributed by atoms with Gasteiger partial charge < -0.3 is 9.64 Å². The van der Waals surface area contributed by atoms with Gasteiger partial charge in [-0.2, -0.15) is 0 Å². The molecule has 1 aliphatic rings. The van der Waals surface area contributed by atoms with Gasteiger partial charge in [0.25, 0.3) is 5.91 Å². The highest BCUT2D eigenvalue weighted by atomic mass is 32.2. The van der Waals surface area contributed by atoms with Crippen molar-refractivity contribution in [2.45, 2.75) is 57.6 Å². The average Bonchev–Trinajstić information content (AvgIpc) is 3.12. The van der Waals surface area contributed by atoms with E-state index in [4.69, 9.17) is 4.74 Å². The number of benzene rings is 2. The molecule has 160 valence electrons. The molecule has 0 N–H and O–H groups in total. The van der Waals surface area contributed by atoms with Gasteiger partial charge >= 0.3 is 5.97 Å². The molecule has 6 heteroatoms. The number of carbonyl (C=O) groups is 2. The number of carbonyl (C=O) groups excluding carboxylic acids is 2. The normalized spacial score (nSPS) is 19.2. The Morgan fingerprint density at radius 3 is 2.20 bits per heavy atom. The first-order chi connectivity index (χ1) is 14.1. The predicted molar refractivity (Wildman–Crippen MR) is 118 cm³/mol. The number of nitrogens with zero attached hydrogens (tertiary/aromatic N) is 1. The van der Waals surface area contributed by atoms with E-state index in [1.807, 2.05) is 12.1 Å². The number of rotatable bonds is 4. The van der Waals surface area contributed by atoms with Gasteiger partial charge in [0, 0.05) is 11.3 Å². The van der Waals surface area contributed by atoms with Gasteiger partial charge in [0.15, 0.2) is 0 Å². The fourth-order valence-electron chi connectivity index (χ4n) is 3.39. The minimum Gasteiger partial charge on any atom is -0.461 e. The van der Waals surface area contributed by atoms with Crippen molar-refractivity contribution in [1.29, 1.82) is 0 Å². The molecule has 0 radical (unpaired) electrons. The van der Waals surface area contributed by atoms with Crippen LogP contribution in [0.15, 0.2) is 48.5 Å². The minimum atomic E-state index is -0.692. The summed E-state index contributed by atoms with van der Waals surface area (Å²) in [4.78, 5) is 27.8. The SMILES string of the molecule is CC(C)OC(=O)C1CSC(c2ccc(F)cc2)N1C(=O)c1ccc(C(C)(C)C)cc1. The van der Waals surface area contributed by atoms with Crippen LogP contribution in [0, 0.1) is 5.82 Å². The lowest BCUT2D eigenvalue weighted by atomic mass is 9.86. The molecule has 0 bridgehead atoms. The van der Waals surface area contributed by atoms with Gasteiger partial charge in [-0.15, -0.1) is 11.8 Å². The van der Waals surface area contributed by atoms with E-state index >= 15 is 0 Å². The zero-order valence-corrected chi connectivity index (χ0v) is 18.8. The number of halogens is 1. The second-order valence-corrected chi connectivity index (χ2v) is 9.89.